The molecule has 2 aromatic heterocycles. The smallest absolute Gasteiger partial charge is 0.292 e. The summed E-state index contributed by atoms with van der Waals surface area (Å²) in [4.78, 5) is 27.4. The fourth-order valence-electron chi connectivity index (χ4n) is 2.15. The van der Waals surface area contributed by atoms with Crippen molar-refractivity contribution in [2.24, 2.45) is 0 Å². The average molecular weight is 275 g/mol. The molecule has 3 rings (SSSR count). The predicted molar refractivity (Wildman–Crippen MR) is 67.0 cm³/mol. The van der Waals surface area contributed by atoms with Crippen LogP contribution in [0, 0.1) is 0 Å². The van der Waals surface area contributed by atoms with Crippen molar-refractivity contribution in [3.05, 3.63) is 42.2 Å². The molecule has 0 radical (unpaired) electrons. The number of furan rings is 1. The van der Waals surface area contributed by atoms with E-state index in [1.807, 2.05) is 0 Å². The van der Waals surface area contributed by atoms with Crippen molar-refractivity contribution in [1.29, 1.82) is 0 Å². The van der Waals surface area contributed by atoms with Crippen LogP contribution < -0.4 is 0 Å². The Morgan fingerprint density at radius 2 is 1.65 bits per heavy atom. The van der Waals surface area contributed by atoms with Gasteiger partial charge in [0.05, 0.1) is 12.5 Å². The van der Waals surface area contributed by atoms with Gasteiger partial charge >= 0.3 is 0 Å². The Hall–Kier alpha value is -2.57. The van der Waals surface area contributed by atoms with Gasteiger partial charge in [-0.05, 0) is 12.1 Å². The number of rotatable bonds is 2. The maximum atomic E-state index is 12.1. The summed E-state index contributed by atoms with van der Waals surface area (Å²) >= 11 is 0. The Labute approximate surface area is 114 Å². The van der Waals surface area contributed by atoms with Crippen LogP contribution >= 0.6 is 0 Å². The number of hydrogen-bond acceptors (Lipinski definition) is 5. The number of carbonyl (C=O) groups is 2. The largest absolute Gasteiger partial charge is 0.459 e. The van der Waals surface area contributed by atoms with Crippen LogP contribution in [0.2, 0.25) is 0 Å². The molecule has 1 aliphatic rings. The molecule has 3 heterocycles. The summed E-state index contributed by atoms with van der Waals surface area (Å²) in [6.45, 7) is 1.87. The zero-order valence-corrected chi connectivity index (χ0v) is 10.7. The van der Waals surface area contributed by atoms with Crippen LogP contribution in [0.25, 0.3) is 0 Å². The second-order valence-electron chi connectivity index (χ2n) is 4.44. The van der Waals surface area contributed by atoms with E-state index in [-0.39, 0.29) is 17.6 Å². The SMILES string of the molecule is O=C(c1ccco1)N1CCN(C(=O)c2ccno2)CC1. The minimum atomic E-state index is -0.201. The van der Waals surface area contributed by atoms with Crippen molar-refractivity contribution in [1.82, 2.24) is 15.0 Å². The molecule has 7 heteroatoms. The number of piperazine rings is 1. The number of nitrogens with zero attached hydrogens (tertiary/aromatic N) is 3. The molecule has 1 saturated heterocycles. The minimum absolute atomic E-state index is 0.151. The van der Waals surface area contributed by atoms with E-state index in [9.17, 15) is 9.59 Å². The third-order valence-corrected chi connectivity index (χ3v) is 3.23. The van der Waals surface area contributed by atoms with Crippen LogP contribution in [0.5, 0.6) is 0 Å². The van der Waals surface area contributed by atoms with Crippen LogP contribution in [0.3, 0.4) is 0 Å². The molecule has 20 heavy (non-hydrogen) atoms. The maximum absolute atomic E-state index is 12.1. The van der Waals surface area contributed by atoms with E-state index >= 15 is 0 Å². The molecule has 0 aliphatic carbocycles. The normalized spacial score (nSPS) is 15.4. The summed E-state index contributed by atoms with van der Waals surface area (Å²) in [5.41, 5.74) is 0. The number of amides is 2. The summed E-state index contributed by atoms with van der Waals surface area (Å²) in [7, 11) is 0. The van der Waals surface area contributed by atoms with Gasteiger partial charge in [-0.25, -0.2) is 0 Å². The van der Waals surface area contributed by atoms with E-state index < -0.39 is 0 Å². The highest BCUT2D eigenvalue weighted by Crippen LogP contribution is 2.11. The van der Waals surface area contributed by atoms with Gasteiger partial charge in [-0.2, -0.15) is 0 Å². The molecule has 0 spiro atoms. The Bertz CT molecular complexity index is 529. The Morgan fingerprint density at radius 1 is 1.00 bits per heavy atom. The van der Waals surface area contributed by atoms with Gasteiger partial charge in [0, 0.05) is 32.2 Å². The van der Waals surface area contributed by atoms with Gasteiger partial charge in [-0.3, -0.25) is 9.59 Å². The van der Waals surface area contributed by atoms with E-state index in [0.29, 0.717) is 31.9 Å². The molecule has 1 fully saturated rings. The first-order valence-corrected chi connectivity index (χ1v) is 6.28. The summed E-state index contributed by atoms with van der Waals surface area (Å²) in [6.07, 6.45) is 2.90. The first kappa shape index (κ1) is 12.5. The lowest BCUT2D eigenvalue weighted by Gasteiger charge is -2.33. The highest BCUT2D eigenvalue weighted by molar-refractivity contribution is 5.93. The molecular weight excluding hydrogens is 262 g/mol. The fourth-order valence-corrected chi connectivity index (χ4v) is 2.15. The molecule has 2 amide bonds. The van der Waals surface area contributed by atoms with Crippen LogP contribution in [-0.2, 0) is 0 Å². The van der Waals surface area contributed by atoms with Gasteiger partial charge in [0.25, 0.3) is 11.8 Å². The van der Waals surface area contributed by atoms with Gasteiger partial charge in [0.15, 0.2) is 5.76 Å². The van der Waals surface area contributed by atoms with Crippen molar-refractivity contribution in [2.45, 2.75) is 0 Å². The second-order valence-corrected chi connectivity index (χ2v) is 4.44. The fraction of sp³-hybridized carbons (Fsp3) is 0.308. The quantitative estimate of drug-likeness (QED) is 0.812. The van der Waals surface area contributed by atoms with Gasteiger partial charge in [-0.15, -0.1) is 0 Å². The minimum Gasteiger partial charge on any atom is -0.459 e. The van der Waals surface area contributed by atoms with Crippen LogP contribution in [0.1, 0.15) is 21.1 Å². The molecule has 0 unspecified atom stereocenters. The van der Waals surface area contributed by atoms with Crippen LogP contribution in [0.4, 0.5) is 0 Å². The lowest BCUT2D eigenvalue weighted by atomic mass is 10.2. The van der Waals surface area contributed by atoms with E-state index in [1.165, 1.54) is 18.5 Å². The standard InChI is InChI=1S/C13H13N3O4/c17-12(10-2-1-9-19-10)15-5-7-16(8-6-15)13(18)11-3-4-14-20-11/h1-4,9H,5-8H2. The maximum Gasteiger partial charge on any atom is 0.292 e. The van der Waals surface area contributed by atoms with Crippen molar-refractivity contribution in [3.8, 4) is 0 Å². The molecule has 1 aliphatic heterocycles. The van der Waals surface area contributed by atoms with Gasteiger partial charge in [0.1, 0.15) is 0 Å². The molecule has 7 nitrogen and oxygen atoms in total. The van der Waals surface area contributed by atoms with Crippen molar-refractivity contribution in [2.75, 3.05) is 26.2 Å². The molecule has 0 N–H and O–H groups in total. The summed E-state index contributed by atoms with van der Waals surface area (Å²) in [5, 5.41) is 3.52. The third-order valence-electron chi connectivity index (χ3n) is 3.23. The molecule has 0 atom stereocenters. The summed E-state index contributed by atoms with van der Waals surface area (Å²) < 4.78 is 9.93. The number of hydrogen-bond donors (Lipinski definition) is 0. The molecule has 2 aromatic rings. The topological polar surface area (TPSA) is 79.8 Å². The number of aromatic nitrogens is 1. The summed E-state index contributed by atoms with van der Waals surface area (Å²) in [6, 6.07) is 4.84. The highest BCUT2D eigenvalue weighted by atomic mass is 16.5. The second kappa shape index (κ2) is 5.20. The Balaban J connectivity index is 1.60. The first-order chi connectivity index (χ1) is 9.75. The zero-order chi connectivity index (χ0) is 13.9. The van der Waals surface area contributed by atoms with Gasteiger partial charge in [-0.1, -0.05) is 5.16 Å². The molecular formula is C13H13N3O4. The van der Waals surface area contributed by atoms with E-state index in [0.717, 1.165) is 0 Å². The Morgan fingerprint density at radius 3 is 2.15 bits per heavy atom. The monoisotopic (exact) mass is 275 g/mol. The Kier molecular flexibility index (Phi) is 3.24. The molecule has 0 bridgehead atoms. The van der Waals surface area contributed by atoms with Crippen molar-refractivity contribution >= 4 is 11.8 Å². The van der Waals surface area contributed by atoms with E-state index in [4.69, 9.17) is 8.94 Å². The molecule has 0 aromatic carbocycles. The molecule has 104 valence electrons. The zero-order valence-electron chi connectivity index (χ0n) is 10.7. The average Bonchev–Trinajstić information content (AvgIpc) is 3.18. The van der Waals surface area contributed by atoms with Gasteiger partial charge in [0.2, 0.25) is 5.76 Å². The summed E-state index contributed by atoms with van der Waals surface area (Å²) in [5.74, 6) is 0.185. The van der Waals surface area contributed by atoms with Crippen LogP contribution in [0.15, 0.2) is 39.6 Å². The van der Waals surface area contributed by atoms with Crippen LogP contribution in [-0.4, -0.2) is 52.9 Å². The first-order valence-electron chi connectivity index (χ1n) is 6.28. The van der Waals surface area contributed by atoms with Crippen molar-refractivity contribution in [3.63, 3.8) is 0 Å². The molecule has 0 saturated carbocycles. The third kappa shape index (κ3) is 2.29. The lowest BCUT2D eigenvalue weighted by molar-refractivity contribution is 0.0497. The number of carbonyl (C=O) groups excluding carboxylic acids is 2. The highest BCUT2D eigenvalue weighted by Gasteiger charge is 2.27. The van der Waals surface area contributed by atoms with Crippen molar-refractivity contribution < 1.29 is 18.5 Å². The predicted octanol–water partition coefficient (Wildman–Crippen LogP) is 0.866. The van der Waals surface area contributed by atoms with E-state index in [1.54, 1.807) is 21.9 Å². The van der Waals surface area contributed by atoms with Gasteiger partial charge < -0.3 is 18.7 Å². The van der Waals surface area contributed by atoms with E-state index in [2.05, 4.69) is 5.16 Å². The lowest BCUT2D eigenvalue weighted by Crippen LogP contribution is -2.50.